The molecule has 84 valence electrons. The highest BCUT2D eigenvalue weighted by Gasteiger charge is 2.08. The quantitative estimate of drug-likeness (QED) is 0.670. The zero-order chi connectivity index (χ0) is 11.8. The van der Waals surface area contributed by atoms with E-state index in [4.69, 9.17) is 23.2 Å². The van der Waals surface area contributed by atoms with Crippen molar-refractivity contribution in [3.05, 3.63) is 52.9 Å². The van der Waals surface area contributed by atoms with Gasteiger partial charge >= 0.3 is 0 Å². The lowest BCUT2D eigenvalue weighted by atomic mass is 10.1. The number of benzene rings is 1. The second-order valence-electron chi connectivity index (χ2n) is 3.55. The third-order valence-electron chi connectivity index (χ3n) is 2.51. The molecule has 0 aliphatic heterocycles. The van der Waals surface area contributed by atoms with E-state index in [1.807, 2.05) is 28.8 Å². The van der Waals surface area contributed by atoms with Gasteiger partial charge in [-0.15, -0.1) is 0 Å². The van der Waals surface area contributed by atoms with Gasteiger partial charge in [0.25, 0.3) is 0 Å². The average molecular weight is 264 g/mol. The molecule has 2 aromatic heterocycles. The van der Waals surface area contributed by atoms with E-state index in [1.54, 1.807) is 18.5 Å². The van der Waals surface area contributed by atoms with Crippen molar-refractivity contribution in [1.29, 1.82) is 0 Å². The molecule has 0 spiro atoms. The minimum atomic E-state index is 0.610. The molecule has 3 nitrogen and oxygen atoms in total. The Morgan fingerprint density at radius 1 is 1.00 bits per heavy atom. The molecule has 0 atom stereocenters. The van der Waals surface area contributed by atoms with Gasteiger partial charge in [-0.25, -0.2) is 9.97 Å². The fourth-order valence-corrected chi connectivity index (χ4v) is 2.26. The van der Waals surface area contributed by atoms with Gasteiger partial charge in [0.2, 0.25) is 5.78 Å². The molecule has 0 aliphatic rings. The first-order valence-electron chi connectivity index (χ1n) is 4.99. The molecule has 17 heavy (non-hydrogen) atoms. The molecule has 0 bridgehead atoms. The third-order valence-corrected chi connectivity index (χ3v) is 3.06. The van der Waals surface area contributed by atoms with Gasteiger partial charge in [-0.2, -0.15) is 0 Å². The number of rotatable bonds is 1. The first-order chi connectivity index (χ1) is 8.25. The predicted molar refractivity (Wildman–Crippen MR) is 68.4 cm³/mol. The van der Waals surface area contributed by atoms with Crippen molar-refractivity contribution in [2.45, 2.75) is 0 Å². The van der Waals surface area contributed by atoms with Crippen molar-refractivity contribution in [3.63, 3.8) is 0 Å². The number of halogens is 2. The SMILES string of the molecule is Clc1ccc(-c2ccnc3nccn23)c(Cl)c1. The summed E-state index contributed by atoms with van der Waals surface area (Å²) >= 11 is 12.1. The van der Waals surface area contributed by atoms with Crippen molar-refractivity contribution >= 4 is 29.0 Å². The first-order valence-corrected chi connectivity index (χ1v) is 5.75. The summed E-state index contributed by atoms with van der Waals surface area (Å²) in [6, 6.07) is 7.32. The van der Waals surface area contributed by atoms with E-state index in [9.17, 15) is 0 Å². The fourth-order valence-electron chi connectivity index (χ4n) is 1.75. The van der Waals surface area contributed by atoms with Crippen LogP contribution < -0.4 is 0 Å². The van der Waals surface area contributed by atoms with Gasteiger partial charge in [0.05, 0.1) is 10.7 Å². The summed E-state index contributed by atoms with van der Waals surface area (Å²) in [6.07, 6.45) is 5.26. The van der Waals surface area contributed by atoms with E-state index in [0.29, 0.717) is 15.8 Å². The summed E-state index contributed by atoms with van der Waals surface area (Å²) in [5.74, 6) is 0.647. The van der Waals surface area contributed by atoms with Crippen LogP contribution in [0.5, 0.6) is 0 Å². The Hall–Kier alpha value is -1.58. The average Bonchev–Trinajstić information content (AvgIpc) is 2.77. The Morgan fingerprint density at radius 2 is 1.82 bits per heavy atom. The van der Waals surface area contributed by atoms with Crippen LogP contribution in [0.15, 0.2) is 42.9 Å². The number of hydrogen-bond donors (Lipinski definition) is 0. The second kappa shape index (κ2) is 4.02. The van der Waals surface area contributed by atoms with Gasteiger partial charge in [0, 0.05) is 29.2 Å². The Morgan fingerprint density at radius 3 is 2.65 bits per heavy atom. The van der Waals surface area contributed by atoms with Gasteiger partial charge in [0.15, 0.2) is 0 Å². The molecular formula is C12H7Cl2N3. The van der Waals surface area contributed by atoms with E-state index in [0.717, 1.165) is 11.3 Å². The van der Waals surface area contributed by atoms with Crippen molar-refractivity contribution in [2.75, 3.05) is 0 Å². The lowest BCUT2D eigenvalue weighted by Crippen LogP contribution is -1.93. The summed E-state index contributed by atoms with van der Waals surface area (Å²) in [4.78, 5) is 8.29. The van der Waals surface area contributed by atoms with Crippen LogP contribution in [-0.2, 0) is 0 Å². The third kappa shape index (κ3) is 1.77. The summed E-state index contributed by atoms with van der Waals surface area (Å²) in [5, 5.41) is 1.23. The monoisotopic (exact) mass is 263 g/mol. The maximum atomic E-state index is 6.19. The number of imidazole rings is 1. The van der Waals surface area contributed by atoms with Crippen LogP contribution in [0.4, 0.5) is 0 Å². The van der Waals surface area contributed by atoms with Crippen LogP contribution in [-0.4, -0.2) is 14.4 Å². The van der Waals surface area contributed by atoms with E-state index in [2.05, 4.69) is 9.97 Å². The standard InChI is InChI=1S/C12H7Cl2N3/c13-8-1-2-9(10(14)7-8)11-3-4-15-12-16-5-6-17(11)12/h1-7H. The van der Waals surface area contributed by atoms with Crippen molar-refractivity contribution in [1.82, 2.24) is 14.4 Å². The van der Waals surface area contributed by atoms with Gasteiger partial charge in [0.1, 0.15) is 0 Å². The summed E-state index contributed by atoms with van der Waals surface area (Å²) in [7, 11) is 0. The van der Waals surface area contributed by atoms with Crippen molar-refractivity contribution in [2.24, 2.45) is 0 Å². The van der Waals surface area contributed by atoms with E-state index in [1.165, 1.54) is 0 Å². The molecule has 3 aromatic rings. The molecule has 0 radical (unpaired) electrons. The molecule has 0 fully saturated rings. The molecular weight excluding hydrogens is 257 g/mol. The molecule has 0 saturated carbocycles. The molecule has 0 unspecified atom stereocenters. The first kappa shape index (κ1) is 10.6. The molecule has 0 saturated heterocycles. The highest BCUT2D eigenvalue weighted by molar-refractivity contribution is 6.36. The van der Waals surface area contributed by atoms with Gasteiger partial charge < -0.3 is 0 Å². The number of fused-ring (bicyclic) bond motifs is 1. The van der Waals surface area contributed by atoms with Crippen molar-refractivity contribution < 1.29 is 0 Å². The van der Waals surface area contributed by atoms with Crippen LogP contribution >= 0.6 is 23.2 Å². The smallest absolute Gasteiger partial charge is 0.234 e. The Kier molecular flexibility index (Phi) is 2.50. The molecule has 0 aliphatic carbocycles. The molecule has 1 aromatic carbocycles. The predicted octanol–water partition coefficient (Wildman–Crippen LogP) is 3.70. The summed E-state index contributed by atoms with van der Waals surface area (Å²) in [5.41, 5.74) is 1.84. The lowest BCUT2D eigenvalue weighted by molar-refractivity contribution is 1.12. The highest BCUT2D eigenvalue weighted by Crippen LogP contribution is 2.30. The molecule has 5 heteroatoms. The van der Waals surface area contributed by atoms with E-state index >= 15 is 0 Å². The molecule has 0 amide bonds. The summed E-state index contributed by atoms with van der Waals surface area (Å²) < 4.78 is 1.88. The van der Waals surface area contributed by atoms with Crippen LogP contribution in [0.25, 0.3) is 17.0 Å². The zero-order valence-corrected chi connectivity index (χ0v) is 10.2. The minimum absolute atomic E-state index is 0.610. The Labute approximate surface area is 108 Å². The van der Waals surface area contributed by atoms with E-state index < -0.39 is 0 Å². The minimum Gasteiger partial charge on any atom is -0.284 e. The zero-order valence-electron chi connectivity index (χ0n) is 8.64. The van der Waals surface area contributed by atoms with Crippen molar-refractivity contribution in [3.8, 4) is 11.3 Å². The molecule has 0 N–H and O–H groups in total. The Balaban J connectivity index is 2.30. The van der Waals surface area contributed by atoms with E-state index in [-0.39, 0.29) is 0 Å². The molecule has 2 heterocycles. The normalized spacial score (nSPS) is 10.9. The number of nitrogens with zero attached hydrogens (tertiary/aromatic N) is 3. The number of hydrogen-bond acceptors (Lipinski definition) is 2. The Bertz CT molecular complexity index is 691. The second-order valence-corrected chi connectivity index (χ2v) is 4.40. The lowest BCUT2D eigenvalue weighted by Gasteiger charge is -2.07. The highest BCUT2D eigenvalue weighted by atomic mass is 35.5. The summed E-state index contributed by atoms with van der Waals surface area (Å²) in [6.45, 7) is 0. The molecule has 3 rings (SSSR count). The maximum Gasteiger partial charge on any atom is 0.234 e. The topological polar surface area (TPSA) is 30.2 Å². The van der Waals surface area contributed by atoms with Crippen LogP contribution in [0.2, 0.25) is 10.0 Å². The maximum absolute atomic E-state index is 6.19. The van der Waals surface area contributed by atoms with Gasteiger partial charge in [-0.1, -0.05) is 23.2 Å². The number of aromatic nitrogens is 3. The van der Waals surface area contributed by atoms with Gasteiger partial charge in [-0.05, 0) is 24.3 Å². The largest absolute Gasteiger partial charge is 0.284 e. The van der Waals surface area contributed by atoms with Gasteiger partial charge in [-0.3, -0.25) is 4.40 Å². The van der Waals surface area contributed by atoms with Crippen LogP contribution in [0.1, 0.15) is 0 Å². The van der Waals surface area contributed by atoms with Crippen LogP contribution in [0.3, 0.4) is 0 Å². The van der Waals surface area contributed by atoms with Crippen LogP contribution in [0, 0.1) is 0 Å². The fraction of sp³-hybridized carbons (Fsp3) is 0.